The Morgan fingerprint density at radius 1 is 1.00 bits per heavy atom. The summed E-state index contributed by atoms with van der Waals surface area (Å²) in [7, 11) is 0. The minimum absolute atomic E-state index is 0.0542. The molecule has 0 aliphatic rings. The number of anilines is 1. The van der Waals surface area contributed by atoms with Crippen LogP contribution in [0.3, 0.4) is 0 Å². The van der Waals surface area contributed by atoms with Gasteiger partial charge in [0.1, 0.15) is 0 Å². The van der Waals surface area contributed by atoms with E-state index in [1.165, 1.54) is 16.8 Å². The van der Waals surface area contributed by atoms with Crippen LogP contribution < -0.4 is 5.32 Å². The predicted octanol–water partition coefficient (Wildman–Crippen LogP) is 5.37. The van der Waals surface area contributed by atoms with Gasteiger partial charge in [-0.2, -0.15) is 4.68 Å². The number of aromatic carboxylic acids is 1. The van der Waals surface area contributed by atoms with Gasteiger partial charge in [0.05, 0.1) is 32.7 Å². The van der Waals surface area contributed by atoms with Gasteiger partial charge in [0.2, 0.25) is 11.1 Å². The van der Waals surface area contributed by atoms with Gasteiger partial charge in [0, 0.05) is 0 Å². The molecule has 4 rings (SSSR count). The zero-order valence-electron chi connectivity index (χ0n) is 17.7. The number of carbonyl (C=O) groups is 2. The van der Waals surface area contributed by atoms with Crippen LogP contribution in [-0.2, 0) is 4.79 Å². The van der Waals surface area contributed by atoms with Crippen molar-refractivity contribution in [3.05, 3.63) is 81.8 Å². The Morgan fingerprint density at radius 2 is 1.74 bits per heavy atom. The zero-order valence-corrected chi connectivity index (χ0v) is 20.0. The lowest BCUT2D eigenvalue weighted by Crippen LogP contribution is -2.15. The average Bonchev–Trinajstić information content (AvgIpc) is 3.27. The summed E-state index contributed by atoms with van der Waals surface area (Å²) < 4.78 is 1.48. The molecular weight excluding hydrogens is 497 g/mol. The number of hydrogen-bond donors (Lipinski definition) is 2. The van der Waals surface area contributed by atoms with Crippen LogP contribution in [0.15, 0.2) is 65.8 Å². The van der Waals surface area contributed by atoms with E-state index in [2.05, 4.69) is 20.8 Å². The summed E-state index contributed by atoms with van der Waals surface area (Å²) in [6.07, 6.45) is 0. The van der Waals surface area contributed by atoms with Gasteiger partial charge in [-0.3, -0.25) is 4.79 Å². The molecule has 11 heteroatoms. The average molecular weight is 514 g/mol. The SMILES string of the molecule is Cc1ccc(-n2nnnc2SCC(=O)Nc2ccc(-c3ccc(C(=O)O)cc3)cc2Cl)c(Cl)c1. The van der Waals surface area contributed by atoms with Crippen molar-refractivity contribution in [3.63, 3.8) is 0 Å². The fraction of sp³-hybridized carbons (Fsp3) is 0.0870. The second kappa shape index (κ2) is 10.3. The van der Waals surface area contributed by atoms with Gasteiger partial charge >= 0.3 is 5.97 Å². The molecule has 0 unspecified atom stereocenters. The quantitative estimate of drug-likeness (QED) is 0.319. The Balaban J connectivity index is 1.41. The molecule has 0 radical (unpaired) electrons. The highest BCUT2D eigenvalue weighted by molar-refractivity contribution is 7.99. The number of rotatable bonds is 7. The van der Waals surface area contributed by atoms with E-state index >= 15 is 0 Å². The fourth-order valence-corrected chi connectivity index (χ4v) is 4.35. The molecule has 3 aromatic carbocycles. The first-order chi connectivity index (χ1) is 16.3. The first-order valence-electron chi connectivity index (χ1n) is 9.92. The van der Waals surface area contributed by atoms with Crippen LogP contribution in [0.1, 0.15) is 15.9 Å². The molecule has 0 bridgehead atoms. The van der Waals surface area contributed by atoms with Gasteiger partial charge in [-0.05, 0) is 70.4 Å². The van der Waals surface area contributed by atoms with E-state index in [4.69, 9.17) is 28.3 Å². The van der Waals surface area contributed by atoms with Crippen LogP contribution in [0.2, 0.25) is 10.0 Å². The molecule has 0 aliphatic carbocycles. The maximum absolute atomic E-state index is 12.5. The van der Waals surface area contributed by atoms with Gasteiger partial charge < -0.3 is 10.4 Å². The van der Waals surface area contributed by atoms with Gasteiger partial charge in [-0.25, -0.2) is 4.79 Å². The number of carboxylic acids is 1. The molecule has 34 heavy (non-hydrogen) atoms. The lowest BCUT2D eigenvalue weighted by Gasteiger charge is -2.10. The number of amides is 1. The summed E-state index contributed by atoms with van der Waals surface area (Å²) >= 11 is 13.9. The first kappa shape index (κ1) is 23.7. The number of nitrogens with one attached hydrogen (secondary N) is 1. The summed E-state index contributed by atoms with van der Waals surface area (Å²) in [5.74, 6) is -1.22. The molecule has 1 heterocycles. The summed E-state index contributed by atoms with van der Waals surface area (Å²) in [4.78, 5) is 23.5. The summed E-state index contributed by atoms with van der Waals surface area (Å²) in [6, 6.07) is 17.2. The number of carboxylic acid groups (broad SMARTS) is 1. The Hall–Kier alpha value is -3.40. The molecule has 0 fully saturated rings. The minimum atomic E-state index is -0.989. The molecule has 0 saturated carbocycles. The number of nitrogens with zero attached hydrogens (tertiary/aromatic N) is 4. The standard InChI is InChI=1S/C23H17Cl2N5O3S/c1-13-2-9-20(18(25)10-13)30-23(27-28-29-30)34-12-21(31)26-19-8-7-16(11-17(19)24)14-3-5-15(6-4-14)22(32)33/h2-11H,12H2,1H3,(H,26,31)(H,32,33). The number of halogens is 2. The molecule has 4 aromatic rings. The van der Waals surface area contributed by atoms with E-state index in [1.54, 1.807) is 30.3 Å². The van der Waals surface area contributed by atoms with E-state index in [1.807, 2.05) is 25.1 Å². The van der Waals surface area contributed by atoms with Gasteiger partial charge in [-0.1, -0.05) is 59.2 Å². The lowest BCUT2D eigenvalue weighted by atomic mass is 10.0. The molecule has 2 N–H and O–H groups in total. The van der Waals surface area contributed by atoms with Crippen molar-refractivity contribution in [3.8, 4) is 16.8 Å². The highest BCUT2D eigenvalue weighted by Gasteiger charge is 2.15. The lowest BCUT2D eigenvalue weighted by molar-refractivity contribution is -0.113. The molecular formula is C23H17Cl2N5O3S. The molecule has 0 atom stereocenters. The molecule has 0 spiro atoms. The van der Waals surface area contributed by atoms with Gasteiger partial charge in [0.25, 0.3) is 0 Å². The van der Waals surface area contributed by atoms with E-state index in [-0.39, 0.29) is 17.2 Å². The molecule has 1 amide bonds. The fourth-order valence-electron chi connectivity index (χ4n) is 3.12. The minimum Gasteiger partial charge on any atom is -0.478 e. The third kappa shape index (κ3) is 5.39. The maximum atomic E-state index is 12.5. The third-order valence-corrected chi connectivity index (χ3v) is 6.35. The molecule has 0 aliphatic heterocycles. The number of aryl methyl sites for hydroxylation is 1. The van der Waals surface area contributed by atoms with Crippen molar-refractivity contribution in [2.75, 3.05) is 11.1 Å². The van der Waals surface area contributed by atoms with Crippen molar-refractivity contribution in [1.29, 1.82) is 0 Å². The van der Waals surface area contributed by atoms with Crippen molar-refractivity contribution < 1.29 is 14.7 Å². The predicted molar refractivity (Wildman–Crippen MR) is 132 cm³/mol. The summed E-state index contributed by atoms with van der Waals surface area (Å²) in [6.45, 7) is 1.93. The third-order valence-electron chi connectivity index (χ3n) is 4.81. The van der Waals surface area contributed by atoms with Crippen molar-refractivity contribution in [2.45, 2.75) is 12.1 Å². The van der Waals surface area contributed by atoms with Crippen molar-refractivity contribution >= 4 is 52.5 Å². The zero-order chi connectivity index (χ0) is 24.2. The number of carbonyl (C=O) groups excluding carboxylic acids is 1. The van der Waals surface area contributed by atoms with E-state index < -0.39 is 5.97 Å². The summed E-state index contributed by atoms with van der Waals surface area (Å²) in [5.41, 5.74) is 3.89. The highest BCUT2D eigenvalue weighted by Crippen LogP contribution is 2.30. The smallest absolute Gasteiger partial charge is 0.335 e. The van der Waals surface area contributed by atoms with Crippen molar-refractivity contribution in [1.82, 2.24) is 20.2 Å². The number of benzene rings is 3. The van der Waals surface area contributed by atoms with Crippen molar-refractivity contribution in [2.24, 2.45) is 0 Å². The second-order valence-electron chi connectivity index (χ2n) is 7.24. The van der Waals surface area contributed by atoms with E-state index in [0.717, 1.165) is 28.5 Å². The summed E-state index contributed by atoms with van der Waals surface area (Å²) in [5, 5.41) is 24.7. The highest BCUT2D eigenvalue weighted by atomic mass is 35.5. The molecule has 8 nitrogen and oxygen atoms in total. The largest absolute Gasteiger partial charge is 0.478 e. The number of hydrogen-bond acceptors (Lipinski definition) is 6. The first-order valence-corrected chi connectivity index (χ1v) is 11.7. The molecule has 172 valence electrons. The second-order valence-corrected chi connectivity index (χ2v) is 9.00. The Labute approximate surface area is 208 Å². The van der Waals surface area contributed by atoms with Crippen LogP contribution in [0.4, 0.5) is 5.69 Å². The Kier molecular flexibility index (Phi) is 7.16. The van der Waals surface area contributed by atoms with E-state index in [0.29, 0.717) is 26.6 Å². The van der Waals surface area contributed by atoms with Crippen LogP contribution in [0.25, 0.3) is 16.8 Å². The van der Waals surface area contributed by atoms with E-state index in [9.17, 15) is 9.59 Å². The maximum Gasteiger partial charge on any atom is 0.335 e. The van der Waals surface area contributed by atoms with Gasteiger partial charge in [-0.15, -0.1) is 5.10 Å². The molecule has 1 aromatic heterocycles. The number of tetrazole rings is 1. The van der Waals surface area contributed by atoms with Gasteiger partial charge in [0.15, 0.2) is 0 Å². The topological polar surface area (TPSA) is 110 Å². The number of thioether (sulfide) groups is 1. The Bertz CT molecular complexity index is 1380. The monoisotopic (exact) mass is 513 g/mol. The van der Waals surface area contributed by atoms with Crippen LogP contribution in [0, 0.1) is 6.92 Å². The normalized spacial score (nSPS) is 10.8. The van der Waals surface area contributed by atoms with Crippen LogP contribution in [-0.4, -0.2) is 42.9 Å². The Morgan fingerprint density at radius 3 is 2.41 bits per heavy atom. The van der Waals surface area contributed by atoms with Crippen LogP contribution in [0.5, 0.6) is 0 Å². The number of aromatic nitrogens is 4. The van der Waals surface area contributed by atoms with Crippen LogP contribution >= 0.6 is 35.0 Å². The molecule has 0 saturated heterocycles.